The third kappa shape index (κ3) is 2.34. The quantitative estimate of drug-likeness (QED) is 0.613. The molecule has 22 heavy (non-hydrogen) atoms. The van der Waals surface area contributed by atoms with Gasteiger partial charge in [0.15, 0.2) is 5.78 Å². The normalized spacial score (nSPS) is 27.7. The first-order valence-electron chi connectivity index (χ1n) is 8.09. The van der Waals surface area contributed by atoms with E-state index in [0.29, 0.717) is 24.8 Å². The Morgan fingerprint density at radius 1 is 1.14 bits per heavy atom. The van der Waals surface area contributed by atoms with Crippen LogP contribution in [-0.4, -0.2) is 11.8 Å². The van der Waals surface area contributed by atoms with E-state index < -0.39 is 11.5 Å². The van der Waals surface area contributed by atoms with Gasteiger partial charge in [-0.2, -0.15) is 0 Å². The molecule has 0 radical (unpaired) electrons. The van der Waals surface area contributed by atoms with Crippen LogP contribution in [0.4, 0.5) is 4.39 Å². The summed E-state index contributed by atoms with van der Waals surface area (Å²) in [5.74, 6) is -1.02. The highest BCUT2D eigenvalue weighted by atomic mass is 19.1. The molecule has 0 unspecified atom stereocenters. The predicted molar refractivity (Wildman–Crippen MR) is 79.5 cm³/mol. The van der Waals surface area contributed by atoms with Crippen molar-refractivity contribution in [1.82, 2.24) is 0 Å². The minimum absolute atomic E-state index is 0.0280. The highest BCUT2D eigenvalue weighted by Gasteiger charge is 2.55. The van der Waals surface area contributed by atoms with Gasteiger partial charge in [0, 0.05) is 0 Å². The molecule has 1 heterocycles. The second-order valence-electron chi connectivity index (χ2n) is 6.40. The minimum Gasteiger partial charge on any atom is -0.456 e. The summed E-state index contributed by atoms with van der Waals surface area (Å²) < 4.78 is 18.8. The fraction of sp³-hybridized carbons (Fsp3) is 0.556. The van der Waals surface area contributed by atoms with E-state index in [9.17, 15) is 14.0 Å². The summed E-state index contributed by atoms with van der Waals surface area (Å²) in [6, 6.07) is 5.88. The van der Waals surface area contributed by atoms with E-state index in [1.807, 2.05) is 6.92 Å². The van der Waals surface area contributed by atoms with Crippen molar-refractivity contribution in [2.24, 2.45) is 11.3 Å². The number of hydrogen-bond donors (Lipinski definition) is 0. The van der Waals surface area contributed by atoms with Crippen LogP contribution in [0.3, 0.4) is 0 Å². The summed E-state index contributed by atoms with van der Waals surface area (Å²) >= 11 is 0. The van der Waals surface area contributed by atoms with Crippen molar-refractivity contribution in [2.45, 2.75) is 51.6 Å². The largest absolute Gasteiger partial charge is 0.456 e. The molecule has 0 N–H and O–H groups in total. The Bertz CT molecular complexity index is 572. The first-order valence-corrected chi connectivity index (χ1v) is 8.09. The lowest BCUT2D eigenvalue weighted by Gasteiger charge is -2.43. The summed E-state index contributed by atoms with van der Waals surface area (Å²) in [5.41, 5.74) is -0.226. The number of hydrogen-bond acceptors (Lipinski definition) is 3. The lowest BCUT2D eigenvalue weighted by atomic mass is 9.64. The Morgan fingerprint density at radius 2 is 1.77 bits per heavy atom. The number of carbonyl (C=O) groups excluding carboxylic acids is 2. The molecule has 4 heteroatoms. The van der Waals surface area contributed by atoms with Gasteiger partial charge in [-0.3, -0.25) is 9.59 Å². The zero-order valence-electron chi connectivity index (χ0n) is 12.8. The van der Waals surface area contributed by atoms with Gasteiger partial charge in [0.2, 0.25) is 0 Å². The third-order valence-electron chi connectivity index (χ3n) is 5.14. The van der Waals surface area contributed by atoms with Crippen LogP contribution < -0.4 is 0 Å². The Balaban J connectivity index is 1.93. The van der Waals surface area contributed by atoms with Gasteiger partial charge in [-0.15, -0.1) is 0 Å². The third-order valence-corrected chi connectivity index (χ3v) is 5.14. The topological polar surface area (TPSA) is 43.4 Å². The van der Waals surface area contributed by atoms with Crippen molar-refractivity contribution in [3.05, 3.63) is 35.6 Å². The maximum Gasteiger partial charge on any atom is 0.320 e. The Morgan fingerprint density at radius 3 is 2.36 bits per heavy atom. The molecule has 2 fully saturated rings. The van der Waals surface area contributed by atoms with Gasteiger partial charge in [0.05, 0.1) is 5.92 Å². The van der Waals surface area contributed by atoms with E-state index in [0.717, 1.165) is 19.3 Å². The number of esters is 1. The van der Waals surface area contributed by atoms with Gasteiger partial charge in [-0.05, 0) is 37.0 Å². The zero-order valence-corrected chi connectivity index (χ0v) is 12.8. The monoisotopic (exact) mass is 304 g/mol. The molecule has 0 amide bonds. The van der Waals surface area contributed by atoms with Crippen molar-refractivity contribution in [3.8, 4) is 0 Å². The molecule has 2 atom stereocenters. The number of rotatable bonds is 2. The molecule has 1 aliphatic heterocycles. The van der Waals surface area contributed by atoms with Crippen molar-refractivity contribution in [2.75, 3.05) is 0 Å². The molecule has 0 bridgehead atoms. The summed E-state index contributed by atoms with van der Waals surface area (Å²) in [4.78, 5) is 25.6. The second-order valence-corrected chi connectivity index (χ2v) is 6.40. The highest BCUT2D eigenvalue weighted by Crippen LogP contribution is 2.48. The van der Waals surface area contributed by atoms with Crippen LogP contribution in [0.2, 0.25) is 0 Å². The fourth-order valence-corrected chi connectivity index (χ4v) is 3.86. The van der Waals surface area contributed by atoms with Crippen LogP contribution in [-0.2, 0) is 14.3 Å². The molecule has 0 aromatic heterocycles. The number of ketones is 1. The lowest BCUT2D eigenvalue weighted by Crippen LogP contribution is -2.51. The van der Waals surface area contributed by atoms with Gasteiger partial charge in [0.1, 0.15) is 17.3 Å². The first kappa shape index (κ1) is 15.2. The van der Waals surface area contributed by atoms with Gasteiger partial charge >= 0.3 is 5.97 Å². The number of Topliss-reactive ketones (excluding diaryl/α,β-unsaturated/α-hetero) is 1. The maximum atomic E-state index is 13.1. The Labute approximate surface area is 129 Å². The van der Waals surface area contributed by atoms with Crippen LogP contribution in [0.5, 0.6) is 0 Å². The van der Waals surface area contributed by atoms with Crippen LogP contribution >= 0.6 is 0 Å². The van der Waals surface area contributed by atoms with Crippen molar-refractivity contribution < 1.29 is 18.7 Å². The molecule has 1 aromatic rings. The van der Waals surface area contributed by atoms with Crippen molar-refractivity contribution >= 4 is 11.8 Å². The van der Waals surface area contributed by atoms with E-state index in [1.165, 1.54) is 12.1 Å². The smallest absolute Gasteiger partial charge is 0.320 e. The van der Waals surface area contributed by atoms with Crippen LogP contribution in [0.1, 0.15) is 57.1 Å². The fourth-order valence-electron chi connectivity index (χ4n) is 3.86. The van der Waals surface area contributed by atoms with Crippen molar-refractivity contribution in [1.29, 1.82) is 0 Å². The summed E-state index contributed by atoms with van der Waals surface area (Å²) in [6.07, 6.45) is 4.13. The number of cyclic esters (lactones) is 1. The minimum atomic E-state index is -0.921. The van der Waals surface area contributed by atoms with E-state index >= 15 is 0 Å². The molecular formula is C18H21FO3. The van der Waals surface area contributed by atoms with Gasteiger partial charge in [-0.1, -0.05) is 38.3 Å². The van der Waals surface area contributed by atoms with Crippen LogP contribution in [0.25, 0.3) is 0 Å². The van der Waals surface area contributed by atoms with Crippen LogP contribution in [0, 0.1) is 17.2 Å². The van der Waals surface area contributed by atoms with Crippen molar-refractivity contribution in [3.63, 3.8) is 0 Å². The molecule has 3 nitrogen and oxygen atoms in total. The first-order chi connectivity index (χ1) is 10.6. The molecule has 1 spiro atoms. The van der Waals surface area contributed by atoms with E-state index in [-0.39, 0.29) is 23.5 Å². The SMILES string of the molecule is CC[C@@H]1C(=O)C2(CCCCC2)C(=O)O[C@@H]1c1ccc(F)cc1. The summed E-state index contributed by atoms with van der Waals surface area (Å²) in [5, 5.41) is 0. The predicted octanol–water partition coefficient (Wildman–Crippen LogP) is 3.97. The standard InChI is InChI=1S/C18H21FO3/c1-2-14-15(12-6-8-13(19)9-7-12)22-17(21)18(16(14)20)10-4-3-5-11-18/h6-9,14-15H,2-5,10-11H2,1H3/t14-,15+/m0/s1. The number of halogens is 1. The summed E-state index contributed by atoms with van der Waals surface area (Å²) in [7, 11) is 0. The van der Waals surface area contributed by atoms with Crippen LogP contribution in [0.15, 0.2) is 24.3 Å². The molecule has 118 valence electrons. The van der Waals surface area contributed by atoms with E-state index in [2.05, 4.69) is 0 Å². The average Bonchev–Trinajstić information content (AvgIpc) is 2.54. The molecule has 1 aliphatic carbocycles. The number of ether oxygens (including phenoxy) is 1. The molecular weight excluding hydrogens is 283 g/mol. The number of carbonyl (C=O) groups is 2. The molecule has 3 rings (SSSR count). The zero-order chi connectivity index (χ0) is 15.7. The highest BCUT2D eigenvalue weighted by molar-refractivity contribution is 6.07. The van der Waals surface area contributed by atoms with Gasteiger partial charge in [-0.25, -0.2) is 4.39 Å². The molecule has 1 saturated carbocycles. The maximum absolute atomic E-state index is 13.1. The number of benzene rings is 1. The Hall–Kier alpha value is -1.71. The second kappa shape index (κ2) is 5.82. The Kier molecular flexibility index (Phi) is 4.02. The van der Waals surface area contributed by atoms with Gasteiger partial charge < -0.3 is 4.74 Å². The molecule has 1 aromatic carbocycles. The van der Waals surface area contributed by atoms with E-state index in [1.54, 1.807) is 12.1 Å². The molecule has 1 saturated heterocycles. The summed E-state index contributed by atoms with van der Waals surface area (Å²) in [6.45, 7) is 1.94. The molecule has 2 aliphatic rings. The van der Waals surface area contributed by atoms with E-state index in [4.69, 9.17) is 4.74 Å². The average molecular weight is 304 g/mol. The lowest BCUT2D eigenvalue weighted by molar-refractivity contribution is -0.184. The van der Waals surface area contributed by atoms with Gasteiger partial charge in [0.25, 0.3) is 0 Å².